The number of anilines is 1. The summed E-state index contributed by atoms with van der Waals surface area (Å²) in [5, 5.41) is 13.0. The Morgan fingerprint density at radius 3 is 2.57 bits per heavy atom. The quantitative estimate of drug-likeness (QED) is 0.890. The minimum Gasteiger partial charge on any atom is -0.479 e. The Morgan fingerprint density at radius 2 is 2.00 bits per heavy atom. The van der Waals surface area contributed by atoms with E-state index in [1.165, 1.54) is 13.0 Å². The van der Waals surface area contributed by atoms with Crippen molar-refractivity contribution in [3.05, 3.63) is 64.4 Å². The number of hydrogen-bond donors (Lipinski definition) is 2. The van der Waals surface area contributed by atoms with Crippen molar-refractivity contribution in [1.29, 1.82) is 0 Å². The lowest BCUT2D eigenvalue weighted by Gasteiger charge is -2.28. The molecule has 0 aliphatic carbocycles. The van der Waals surface area contributed by atoms with Gasteiger partial charge in [0.25, 0.3) is 0 Å². The minimum atomic E-state index is -1.46. The molecular formula is C16H15ClFNO2. The number of aliphatic carboxylic acids is 1. The molecule has 0 aliphatic heterocycles. The molecule has 3 nitrogen and oxygen atoms in total. The van der Waals surface area contributed by atoms with Crippen molar-refractivity contribution in [3.8, 4) is 0 Å². The minimum absolute atomic E-state index is 0.332. The van der Waals surface area contributed by atoms with E-state index in [1.54, 1.807) is 43.3 Å². The second-order valence-electron chi connectivity index (χ2n) is 5.03. The lowest BCUT2D eigenvalue weighted by molar-refractivity contribution is -0.142. The van der Waals surface area contributed by atoms with Gasteiger partial charge >= 0.3 is 5.97 Å². The molecule has 1 unspecified atom stereocenters. The Bertz CT molecular complexity index is 690. The lowest BCUT2D eigenvalue weighted by atomic mass is 9.90. The Morgan fingerprint density at radius 1 is 1.29 bits per heavy atom. The molecule has 0 amide bonds. The smallest absolute Gasteiger partial charge is 0.333 e. The van der Waals surface area contributed by atoms with Gasteiger partial charge in [0.2, 0.25) is 0 Å². The van der Waals surface area contributed by atoms with Crippen LogP contribution in [0.3, 0.4) is 0 Å². The Balaban J connectivity index is 2.45. The maximum Gasteiger partial charge on any atom is 0.333 e. The molecule has 2 N–H and O–H groups in total. The number of benzene rings is 2. The molecule has 2 aromatic rings. The van der Waals surface area contributed by atoms with E-state index in [1.807, 2.05) is 0 Å². The van der Waals surface area contributed by atoms with E-state index in [9.17, 15) is 14.3 Å². The van der Waals surface area contributed by atoms with E-state index in [0.29, 0.717) is 21.8 Å². The lowest BCUT2D eigenvalue weighted by Crippen LogP contribution is -2.40. The van der Waals surface area contributed by atoms with Gasteiger partial charge in [-0.1, -0.05) is 29.8 Å². The van der Waals surface area contributed by atoms with Crippen LogP contribution in [0.1, 0.15) is 18.1 Å². The largest absolute Gasteiger partial charge is 0.479 e. The molecule has 110 valence electrons. The predicted molar refractivity (Wildman–Crippen MR) is 81.2 cm³/mol. The number of nitrogens with one attached hydrogen (secondary N) is 1. The molecule has 0 saturated carbocycles. The van der Waals surface area contributed by atoms with Crippen LogP contribution in [0.2, 0.25) is 5.02 Å². The van der Waals surface area contributed by atoms with Gasteiger partial charge in [0.1, 0.15) is 5.82 Å². The number of halogens is 2. The van der Waals surface area contributed by atoms with Gasteiger partial charge in [-0.3, -0.25) is 0 Å². The Hall–Kier alpha value is -2.07. The summed E-state index contributed by atoms with van der Waals surface area (Å²) in [7, 11) is 0. The number of aryl methyl sites for hydroxylation is 1. The molecule has 0 aromatic heterocycles. The van der Waals surface area contributed by atoms with Gasteiger partial charge in [0.15, 0.2) is 5.54 Å². The summed E-state index contributed by atoms with van der Waals surface area (Å²) in [5.41, 5.74) is -0.111. The Kier molecular flexibility index (Phi) is 4.19. The molecule has 0 bridgehead atoms. The fourth-order valence-electron chi connectivity index (χ4n) is 2.01. The van der Waals surface area contributed by atoms with Gasteiger partial charge in [0.05, 0.1) is 0 Å². The highest BCUT2D eigenvalue weighted by atomic mass is 35.5. The molecule has 0 saturated heterocycles. The monoisotopic (exact) mass is 307 g/mol. The van der Waals surface area contributed by atoms with Crippen LogP contribution in [0.5, 0.6) is 0 Å². The van der Waals surface area contributed by atoms with E-state index in [2.05, 4.69) is 5.32 Å². The van der Waals surface area contributed by atoms with Gasteiger partial charge in [0, 0.05) is 10.7 Å². The van der Waals surface area contributed by atoms with E-state index in [0.717, 1.165) is 0 Å². The number of rotatable bonds is 4. The summed E-state index contributed by atoms with van der Waals surface area (Å²) in [6.45, 7) is 3.11. The third-order valence-electron chi connectivity index (χ3n) is 3.40. The zero-order valence-corrected chi connectivity index (χ0v) is 12.4. The highest BCUT2D eigenvalue weighted by molar-refractivity contribution is 6.30. The van der Waals surface area contributed by atoms with Crippen LogP contribution in [-0.2, 0) is 10.3 Å². The molecule has 21 heavy (non-hydrogen) atoms. The SMILES string of the molecule is Cc1ccc(C(C)(Nc2cccc(Cl)c2)C(=O)O)cc1F. The molecule has 2 rings (SSSR count). The fourth-order valence-corrected chi connectivity index (χ4v) is 2.20. The van der Waals surface area contributed by atoms with Crippen LogP contribution in [0.4, 0.5) is 10.1 Å². The molecule has 0 radical (unpaired) electrons. The summed E-state index contributed by atoms with van der Waals surface area (Å²) < 4.78 is 13.7. The highest BCUT2D eigenvalue weighted by Gasteiger charge is 2.35. The average Bonchev–Trinajstić information content (AvgIpc) is 2.41. The summed E-state index contributed by atoms with van der Waals surface area (Å²) in [4.78, 5) is 11.7. The van der Waals surface area contributed by atoms with Gasteiger partial charge in [-0.05, 0) is 49.2 Å². The second-order valence-corrected chi connectivity index (χ2v) is 5.47. The van der Waals surface area contributed by atoms with Crippen LogP contribution in [-0.4, -0.2) is 11.1 Å². The molecular weight excluding hydrogens is 293 g/mol. The molecule has 2 aromatic carbocycles. The van der Waals surface area contributed by atoms with Gasteiger partial charge in [-0.2, -0.15) is 0 Å². The van der Waals surface area contributed by atoms with Crippen LogP contribution < -0.4 is 5.32 Å². The summed E-state index contributed by atoms with van der Waals surface area (Å²) >= 11 is 5.90. The van der Waals surface area contributed by atoms with E-state index >= 15 is 0 Å². The van der Waals surface area contributed by atoms with E-state index < -0.39 is 17.3 Å². The Labute approximate surface area is 127 Å². The summed E-state index contributed by atoms with van der Waals surface area (Å²) in [6, 6.07) is 11.1. The maximum absolute atomic E-state index is 13.7. The first-order chi connectivity index (χ1) is 9.83. The predicted octanol–water partition coefficient (Wildman–Crippen LogP) is 4.20. The van der Waals surface area contributed by atoms with Crippen molar-refractivity contribution < 1.29 is 14.3 Å². The second kappa shape index (κ2) is 5.74. The van der Waals surface area contributed by atoms with Gasteiger partial charge in [-0.25, -0.2) is 9.18 Å². The van der Waals surface area contributed by atoms with Crippen molar-refractivity contribution >= 4 is 23.3 Å². The van der Waals surface area contributed by atoms with Gasteiger partial charge < -0.3 is 10.4 Å². The van der Waals surface area contributed by atoms with Gasteiger partial charge in [-0.15, -0.1) is 0 Å². The van der Waals surface area contributed by atoms with Crippen molar-refractivity contribution in [3.63, 3.8) is 0 Å². The third-order valence-corrected chi connectivity index (χ3v) is 3.63. The fraction of sp³-hybridized carbons (Fsp3) is 0.188. The maximum atomic E-state index is 13.7. The molecule has 0 aliphatic rings. The zero-order chi connectivity index (χ0) is 15.6. The number of carboxylic acid groups (broad SMARTS) is 1. The van der Waals surface area contributed by atoms with Crippen molar-refractivity contribution in [2.45, 2.75) is 19.4 Å². The normalized spacial score (nSPS) is 13.5. The summed E-state index contributed by atoms with van der Waals surface area (Å²) in [5.74, 6) is -1.54. The average molecular weight is 308 g/mol. The van der Waals surface area contributed by atoms with Crippen LogP contribution in [0, 0.1) is 12.7 Å². The standard InChI is InChI=1S/C16H15ClFNO2/c1-10-6-7-11(8-14(10)18)16(2,15(20)21)19-13-5-3-4-12(17)9-13/h3-9,19H,1-2H3,(H,20,21). The van der Waals surface area contributed by atoms with Crippen LogP contribution in [0.15, 0.2) is 42.5 Å². The van der Waals surface area contributed by atoms with Crippen LogP contribution in [0.25, 0.3) is 0 Å². The molecule has 0 spiro atoms. The number of carboxylic acids is 1. The van der Waals surface area contributed by atoms with E-state index in [4.69, 9.17) is 11.6 Å². The van der Waals surface area contributed by atoms with Crippen molar-refractivity contribution in [2.75, 3.05) is 5.32 Å². The number of carbonyl (C=O) groups is 1. The molecule has 0 heterocycles. The van der Waals surface area contributed by atoms with Crippen LogP contribution >= 0.6 is 11.6 Å². The molecule has 5 heteroatoms. The zero-order valence-electron chi connectivity index (χ0n) is 11.7. The molecule has 1 atom stereocenters. The van der Waals surface area contributed by atoms with Crippen molar-refractivity contribution in [1.82, 2.24) is 0 Å². The first-order valence-electron chi connectivity index (χ1n) is 6.37. The summed E-state index contributed by atoms with van der Waals surface area (Å²) in [6.07, 6.45) is 0. The third kappa shape index (κ3) is 3.16. The van der Waals surface area contributed by atoms with Crippen molar-refractivity contribution in [2.24, 2.45) is 0 Å². The first kappa shape index (κ1) is 15.3. The molecule has 0 fully saturated rings. The van der Waals surface area contributed by atoms with E-state index in [-0.39, 0.29) is 0 Å². The highest BCUT2D eigenvalue weighted by Crippen LogP contribution is 2.29. The first-order valence-corrected chi connectivity index (χ1v) is 6.74. The topological polar surface area (TPSA) is 49.3 Å². The number of hydrogen-bond acceptors (Lipinski definition) is 2.